The zero-order valence-corrected chi connectivity index (χ0v) is 13.6. The van der Waals surface area contributed by atoms with Crippen LogP contribution in [0.2, 0.25) is 0 Å². The lowest BCUT2D eigenvalue weighted by atomic mass is 9.94. The van der Waals surface area contributed by atoms with E-state index < -0.39 is 0 Å². The molecule has 0 aliphatic heterocycles. The molecular weight excluding hydrogens is 258 g/mol. The fourth-order valence-electron chi connectivity index (χ4n) is 2.99. The van der Waals surface area contributed by atoms with Crippen LogP contribution >= 0.6 is 23.1 Å². The van der Waals surface area contributed by atoms with Gasteiger partial charge in [0.25, 0.3) is 0 Å². The first-order valence-corrected chi connectivity index (χ1v) is 9.06. The number of nitrogens with one attached hydrogen (secondary N) is 1. The average Bonchev–Trinajstić information content (AvgIpc) is 2.69. The molecule has 1 atom stereocenters. The van der Waals surface area contributed by atoms with Gasteiger partial charge in [-0.2, -0.15) is 11.8 Å². The predicted molar refractivity (Wildman–Crippen MR) is 84.9 cm³/mol. The van der Waals surface area contributed by atoms with Crippen molar-refractivity contribution in [3.63, 3.8) is 0 Å². The average molecular weight is 284 g/mol. The summed E-state index contributed by atoms with van der Waals surface area (Å²) in [5, 5.41) is 4.74. The number of thioether (sulfide) groups is 1. The van der Waals surface area contributed by atoms with Gasteiger partial charge in [0.15, 0.2) is 0 Å². The van der Waals surface area contributed by atoms with Crippen molar-refractivity contribution >= 4 is 23.1 Å². The summed E-state index contributed by atoms with van der Waals surface area (Å²) in [7, 11) is 0. The third-order valence-corrected chi connectivity index (χ3v) is 6.16. The van der Waals surface area contributed by atoms with Gasteiger partial charge in [0.2, 0.25) is 0 Å². The molecule has 1 N–H and O–H groups in total. The number of hydrogen-bond donors (Lipinski definition) is 1. The van der Waals surface area contributed by atoms with Gasteiger partial charge in [0, 0.05) is 27.1 Å². The van der Waals surface area contributed by atoms with Crippen molar-refractivity contribution in [3.8, 4) is 0 Å². The molecule has 102 valence electrons. The largest absolute Gasteiger partial charge is 0.307 e. The van der Waals surface area contributed by atoms with E-state index in [1.807, 2.05) is 23.1 Å². The van der Waals surface area contributed by atoms with Gasteiger partial charge in [-0.3, -0.25) is 0 Å². The zero-order valence-electron chi connectivity index (χ0n) is 12.0. The van der Waals surface area contributed by atoms with Gasteiger partial charge in [0.05, 0.1) is 0 Å². The van der Waals surface area contributed by atoms with Gasteiger partial charge >= 0.3 is 0 Å². The maximum absolute atomic E-state index is 3.83. The van der Waals surface area contributed by atoms with Crippen LogP contribution in [0.1, 0.15) is 54.0 Å². The van der Waals surface area contributed by atoms with Crippen molar-refractivity contribution in [2.24, 2.45) is 0 Å². The predicted octanol–water partition coefficient (Wildman–Crippen LogP) is 4.69. The second kappa shape index (κ2) is 6.44. The molecule has 0 bridgehead atoms. The molecule has 1 fully saturated rings. The Labute approximate surface area is 120 Å². The summed E-state index contributed by atoms with van der Waals surface area (Å²) in [6, 6.07) is 3.58. The second-order valence-electron chi connectivity index (χ2n) is 5.47. The molecule has 1 aliphatic carbocycles. The fourth-order valence-corrected chi connectivity index (χ4v) is 4.75. The molecule has 0 saturated heterocycles. The summed E-state index contributed by atoms with van der Waals surface area (Å²) in [5.74, 6) is 0. The second-order valence-corrected chi connectivity index (χ2v) is 8.06. The Bertz CT molecular complexity index is 378. The van der Waals surface area contributed by atoms with Crippen molar-refractivity contribution in [1.82, 2.24) is 5.32 Å². The van der Waals surface area contributed by atoms with Gasteiger partial charge in [-0.25, -0.2) is 0 Å². The van der Waals surface area contributed by atoms with Crippen LogP contribution in [-0.4, -0.2) is 17.5 Å². The number of aryl methyl sites for hydroxylation is 2. The van der Waals surface area contributed by atoms with E-state index in [-0.39, 0.29) is 0 Å². The number of thiophene rings is 1. The SMILES string of the molecule is CSC1CCC(NC(C)c2cc(C)sc2C)CC1. The van der Waals surface area contributed by atoms with Gasteiger partial charge in [-0.05, 0) is 64.3 Å². The quantitative estimate of drug-likeness (QED) is 0.860. The third-order valence-electron chi connectivity index (χ3n) is 4.04. The van der Waals surface area contributed by atoms with Crippen LogP contribution in [0.3, 0.4) is 0 Å². The van der Waals surface area contributed by atoms with E-state index in [1.54, 1.807) is 0 Å². The monoisotopic (exact) mass is 283 g/mol. The summed E-state index contributed by atoms with van der Waals surface area (Å²) in [6.07, 6.45) is 7.70. The highest BCUT2D eigenvalue weighted by Crippen LogP contribution is 2.30. The molecule has 18 heavy (non-hydrogen) atoms. The molecule has 1 aromatic heterocycles. The minimum atomic E-state index is 0.505. The summed E-state index contributed by atoms with van der Waals surface area (Å²) < 4.78 is 0. The first-order chi connectivity index (χ1) is 8.60. The maximum Gasteiger partial charge on any atom is 0.0305 e. The van der Waals surface area contributed by atoms with Crippen LogP contribution in [0.25, 0.3) is 0 Å². The van der Waals surface area contributed by atoms with E-state index in [2.05, 4.69) is 38.4 Å². The van der Waals surface area contributed by atoms with Crippen LogP contribution in [0.4, 0.5) is 0 Å². The van der Waals surface area contributed by atoms with Gasteiger partial charge in [-0.15, -0.1) is 11.3 Å². The lowest BCUT2D eigenvalue weighted by Crippen LogP contribution is -2.35. The molecular formula is C15H25NS2. The van der Waals surface area contributed by atoms with E-state index in [1.165, 1.54) is 41.0 Å². The molecule has 1 unspecified atom stereocenters. The molecule has 0 amide bonds. The first kappa shape index (κ1) is 14.4. The lowest BCUT2D eigenvalue weighted by molar-refractivity contribution is 0.352. The minimum absolute atomic E-state index is 0.505. The molecule has 0 radical (unpaired) electrons. The Morgan fingerprint density at radius 3 is 2.44 bits per heavy atom. The van der Waals surface area contributed by atoms with Gasteiger partial charge in [-0.1, -0.05) is 0 Å². The molecule has 0 spiro atoms. The highest BCUT2D eigenvalue weighted by molar-refractivity contribution is 7.99. The summed E-state index contributed by atoms with van der Waals surface area (Å²) in [5.41, 5.74) is 1.50. The van der Waals surface area contributed by atoms with Gasteiger partial charge < -0.3 is 5.32 Å². The van der Waals surface area contributed by atoms with Crippen LogP contribution in [-0.2, 0) is 0 Å². The summed E-state index contributed by atoms with van der Waals surface area (Å²) in [6.45, 7) is 6.77. The lowest BCUT2D eigenvalue weighted by Gasteiger charge is -2.30. The molecule has 1 nitrogen and oxygen atoms in total. The van der Waals surface area contributed by atoms with Crippen molar-refractivity contribution in [2.75, 3.05) is 6.26 Å². The van der Waals surface area contributed by atoms with Gasteiger partial charge in [0.1, 0.15) is 0 Å². The highest BCUT2D eigenvalue weighted by atomic mass is 32.2. The minimum Gasteiger partial charge on any atom is -0.307 e. The smallest absolute Gasteiger partial charge is 0.0305 e. The Morgan fingerprint density at radius 2 is 1.94 bits per heavy atom. The number of hydrogen-bond acceptors (Lipinski definition) is 3. The summed E-state index contributed by atoms with van der Waals surface area (Å²) in [4.78, 5) is 2.91. The summed E-state index contributed by atoms with van der Waals surface area (Å²) >= 11 is 3.96. The Morgan fingerprint density at radius 1 is 1.28 bits per heavy atom. The normalized spacial score (nSPS) is 26.2. The van der Waals surface area contributed by atoms with Crippen LogP contribution < -0.4 is 5.32 Å². The molecule has 0 aromatic carbocycles. The molecule has 1 aliphatic rings. The van der Waals surface area contributed by atoms with Crippen molar-refractivity contribution in [3.05, 3.63) is 21.4 Å². The number of rotatable bonds is 4. The highest BCUT2D eigenvalue weighted by Gasteiger charge is 2.22. The van der Waals surface area contributed by atoms with E-state index in [4.69, 9.17) is 0 Å². The van der Waals surface area contributed by atoms with E-state index >= 15 is 0 Å². The molecule has 1 heterocycles. The Hall–Kier alpha value is 0.01000. The molecule has 2 rings (SSSR count). The van der Waals surface area contributed by atoms with E-state index in [0.29, 0.717) is 6.04 Å². The van der Waals surface area contributed by atoms with E-state index in [9.17, 15) is 0 Å². The van der Waals surface area contributed by atoms with Crippen molar-refractivity contribution < 1.29 is 0 Å². The molecule has 1 aromatic rings. The third kappa shape index (κ3) is 3.52. The van der Waals surface area contributed by atoms with Crippen LogP contribution in [0, 0.1) is 13.8 Å². The zero-order chi connectivity index (χ0) is 13.1. The van der Waals surface area contributed by atoms with E-state index in [0.717, 1.165) is 11.3 Å². The first-order valence-electron chi connectivity index (χ1n) is 6.96. The fraction of sp³-hybridized carbons (Fsp3) is 0.733. The Balaban J connectivity index is 1.88. The van der Waals surface area contributed by atoms with Crippen LogP contribution in [0.5, 0.6) is 0 Å². The molecule has 3 heteroatoms. The topological polar surface area (TPSA) is 12.0 Å². The van der Waals surface area contributed by atoms with Crippen molar-refractivity contribution in [1.29, 1.82) is 0 Å². The Kier molecular flexibility index (Phi) is 5.16. The standard InChI is InChI=1S/C15H25NS2/c1-10-9-15(12(3)18-10)11(2)16-13-5-7-14(17-4)8-6-13/h9,11,13-14,16H,5-8H2,1-4H3. The maximum atomic E-state index is 3.83. The van der Waals surface area contributed by atoms with Crippen LogP contribution in [0.15, 0.2) is 6.07 Å². The molecule has 1 saturated carbocycles. The van der Waals surface area contributed by atoms with Crippen molar-refractivity contribution in [2.45, 2.75) is 63.8 Å².